The van der Waals surface area contributed by atoms with E-state index in [9.17, 15) is 0 Å². The highest BCUT2D eigenvalue weighted by molar-refractivity contribution is 9.10. The Morgan fingerprint density at radius 3 is 2.79 bits per heavy atom. The Labute approximate surface area is 122 Å². The molecule has 0 bridgehead atoms. The Morgan fingerprint density at radius 2 is 2.05 bits per heavy atom. The second kappa shape index (κ2) is 5.63. The summed E-state index contributed by atoms with van der Waals surface area (Å²) in [6, 6.07) is 0.638. The lowest BCUT2D eigenvalue weighted by atomic mass is 9.96. The van der Waals surface area contributed by atoms with E-state index in [4.69, 9.17) is 5.84 Å². The SMILES string of the molecule is NNc1ncc(Br)c(N2CCCC2C2CCCC2)n1. The van der Waals surface area contributed by atoms with Crippen LogP contribution in [0.25, 0.3) is 0 Å². The monoisotopic (exact) mass is 325 g/mol. The molecule has 1 saturated heterocycles. The van der Waals surface area contributed by atoms with Gasteiger partial charge in [-0.2, -0.15) is 4.98 Å². The molecule has 1 saturated carbocycles. The van der Waals surface area contributed by atoms with Crippen LogP contribution < -0.4 is 16.2 Å². The van der Waals surface area contributed by atoms with Gasteiger partial charge in [-0.3, -0.25) is 5.43 Å². The van der Waals surface area contributed by atoms with Gasteiger partial charge in [0.2, 0.25) is 5.95 Å². The first-order chi connectivity index (χ1) is 9.29. The lowest BCUT2D eigenvalue weighted by Crippen LogP contribution is -2.35. The van der Waals surface area contributed by atoms with Crippen molar-refractivity contribution in [3.05, 3.63) is 10.7 Å². The van der Waals surface area contributed by atoms with Crippen LogP contribution in [0.4, 0.5) is 11.8 Å². The Morgan fingerprint density at radius 1 is 1.26 bits per heavy atom. The van der Waals surface area contributed by atoms with Crippen molar-refractivity contribution in [2.45, 2.75) is 44.6 Å². The fourth-order valence-corrected chi connectivity index (χ4v) is 3.94. The van der Waals surface area contributed by atoms with E-state index in [0.717, 1.165) is 22.8 Å². The molecule has 0 spiro atoms. The molecule has 2 fully saturated rings. The average Bonchev–Trinajstić information content (AvgIpc) is 3.09. The maximum Gasteiger partial charge on any atom is 0.239 e. The van der Waals surface area contributed by atoms with E-state index in [0.29, 0.717) is 12.0 Å². The van der Waals surface area contributed by atoms with Crippen LogP contribution in [-0.4, -0.2) is 22.6 Å². The second-order valence-corrected chi connectivity index (χ2v) is 6.31. The summed E-state index contributed by atoms with van der Waals surface area (Å²) in [5, 5.41) is 0. The Bertz CT molecular complexity index is 447. The van der Waals surface area contributed by atoms with Crippen molar-refractivity contribution in [3.8, 4) is 0 Å². The van der Waals surface area contributed by atoms with Crippen LogP contribution >= 0.6 is 15.9 Å². The molecule has 19 heavy (non-hydrogen) atoms. The van der Waals surface area contributed by atoms with Crippen molar-refractivity contribution >= 4 is 27.7 Å². The molecular formula is C13H20BrN5. The quantitative estimate of drug-likeness (QED) is 0.660. The van der Waals surface area contributed by atoms with E-state index >= 15 is 0 Å². The Kier molecular flexibility index (Phi) is 3.88. The number of nitrogens with zero attached hydrogens (tertiary/aromatic N) is 3. The molecule has 0 aromatic carbocycles. The minimum atomic E-state index is 0.482. The summed E-state index contributed by atoms with van der Waals surface area (Å²) in [6.07, 6.45) is 9.82. The van der Waals surface area contributed by atoms with Gasteiger partial charge in [0.15, 0.2) is 0 Å². The average molecular weight is 326 g/mol. The zero-order chi connectivity index (χ0) is 13.2. The molecular weight excluding hydrogens is 306 g/mol. The summed E-state index contributed by atoms with van der Waals surface area (Å²) in [5.74, 6) is 7.71. The van der Waals surface area contributed by atoms with Crippen molar-refractivity contribution in [1.29, 1.82) is 0 Å². The predicted molar refractivity (Wildman–Crippen MR) is 79.9 cm³/mol. The van der Waals surface area contributed by atoms with Crippen molar-refractivity contribution in [2.75, 3.05) is 16.9 Å². The number of anilines is 2. The first kappa shape index (κ1) is 13.1. The van der Waals surface area contributed by atoms with Crippen LogP contribution in [0.15, 0.2) is 10.7 Å². The summed E-state index contributed by atoms with van der Waals surface area (Å²) in [4.78, 5) is 11.1. The second-order valence-electron chi connectivity index (χ2n) is 5.46. The van der Waals surface area contributed by atoms with E-state index in [1.54, 1.807) is 6.20 Å². The van der Waals surface area contributed by atoms with Crippen molar-refractivity contribution in [3.63, 3.8) is 0 Å². The van der Waals surface area contributed by atoms with Crippen LogP contribution in [0.5, 0.6) is 0 Å². The standard InChI is InChI=1S/C13H20BrN5/c14-10-8-16-13(18-15)17-12(10)19-7-3-6-11(19)9-4-1-2-5-9/h8-9,11H,1-7,15H2,(H,16,17,18). The zero-order valence-electron chi connectivity index (χ0n) is 11.0. The van der Waals surface area contributed by atoms with Gasteiger partial charge in [-0.15, -0.1) is 0 Å². The van der Waals surface area contributed by atoms with Gasteiger partial charge in [-0.25, -0.2) is 10.8 Å². The zero-order valence-corrected chi connectivity index (χ0v) is 12.6. The lowest BCUT2D eigenvalue weighted by molar-refractivity contribution is 0.429. The lowest BCUT2D eigenvalue weighted by Gasteiger charge is -2.31. The summed E-state index contributed by atoms with van der Waals surface area (Å²) in [5.41, 5.74) is 2.53. The van der Waals surface area contributed by atoms with Gasteiger partial charge < -0.3 is 4.90 Å². The van der Waals surface area contributed by atoms with Gasteiger partial charge in [0.05, 0.1) is 4.47 Å². The largest absolute Gasteiger partial charge is 0.352 e. The van der Waals surface area contributed by atoms with Crippen LogP contribution in [0, 0.1) is 5.92 Å². The minimum absolute atomic E-state index is 0.482. The third-order valence-corrected chi connectivity index (χ3v) is 4.93. The molecule has 2 heterocycles. The number of hydrazine groups is 1. The number of hydrogen-bond donors (Lipinski definition) is 2. The number of rotatable bonds is 3. The van der Waals surface area contributed by atoms with Crippen molar-refractivity contribution in [1.82, 2.24) is 9.97 Å². The predicted octanol–water partition coefficient (Wildman–Crippen LogP) is 2.68. The minimum Gasteiger partial charge on any atom is -0.352 e. The Hall–Kier alpha value is -0.880. The van der Waals surface area contributed by atoms with Gasteiger partial charge >= 0.3 is 0 Å². The fourth-order valence-electron chi connectivity index (χ4n) is 3.52. The smallest absolute Gasteiger partial charge is 0.239 e. The van der Waals surface area contributed by atoms with Crippen LogP contribution in [0.2, 0.25) is 0 Å². The van der Waals surface area contributed by atoms with Crippen LogP contribution in [-0.2, 0) is 0 Å². The Balaban J connectivity index is 1.87. The normalized spacial score (nSPS) is 24.1. The molecule has 104 valence electrons. The molecule has 1 aromatic heterocycles. The maximum atomic E-state index is 5.42. The fraction of sp³-hybridized carbons (Fsp3) is 0.692. The molecule has 6 heteroatoms. The summed E-state index contributed by atoms with van der Waals surface area (Å²) < 4.78 is 0.955. The van der Waals surface area contributed by atoms with Gasteiger partial charge in [-0.1, -0.05) is 12.8 Å². The summed E-state index contributed by atoms with van der Waals surface area (Å²) in [6.45, 7) is 1.08. The molecule has 1 aliphatic heterocycles. The molecule has 2 aliphatic rings. The van der Waals surface area contributed by atoms with Gasteiger partial charge in [-0.05, 0) is 47.5 Å². The number of hydrogen-bond acceptors (Lipinski definition) is 5. The number of nitrogen functional groups attached to an aromatic ring is 1. The molecule has 0 amide bonds. The van der Waals surface area contributed by atoms with Crippen molar-refractivity contribution < 1.29 is 0 Å². The number of halogens is 1. The third kappa shape index (κ3) is 2.56. The molecule has 3 N–H and O–H groups in total. The number of nitrogens with two attached hydrogens (primary N) is 1. The van der Waals surface area contributed by atoms with Crippen LogP contribution in [0.1, 0.15) is 38.5 Å². The highest BCUT2D eigenvalue weighted by Crippen LogP contribution is 2.39. The van der Waals surface area contributed by atoms with E-state index in [1.165, 1.54) is 38.5 Å². The van der Waals surface area contributed by atoms with E-state index in [1.807, 2.05) is 0 Å². The first-order valence-corrected chi connectivity index (χ1v) is 7.84. The van der Waals surface area contributed by atoms with E-state index < -0.39 is 0 Å². The first-order valence-electron chi connectivity index (χ1n) is 7.05. The van der Waals surface area contributed by atoms with Crippen molar-refractivity contribution in [2.24, 2.45) is 11.8 Å². The molecule has 1 aromatic rings. The molecule has 1 unspecified atom stereocenters. The molecule has 1 aliphatic carbocycles. The van der Waals surface area contributed by atoms with E-state index in [2.05, 4.69) is 36.2 Å². The van der Waals surface area contributed by atoms with Crippen LogP contribution in [0.3, 0.4) is 0 Å². The van der Waals surface area contributed by atoms with E-state index in [-0.39, 0.29) is 0 Å². The highest BCUT2D eigenvalue weighted by Gasteiger charge is 2.34. The summed E-state index contributed by atoms with van der Waals surface area (Å²) >= 11 is 3.57. The third-order valence-electron chi connectivity index (χ3n) is 4.37. The molecule has 5 nitrogen and oxygen atoms in total. The maximum absolute atomic E-state index is 5.42. The molecule has 0 radical (unpaired) electrons. The topological polar surface area (TPSA) is 67.1 Å². The summed E-state index contributed by atoms with van der Waals surface area (Å²) in [7, 11) is 0. The molecule has 3 rings (SSSR count). The molecule has 1 atom stereocenters. The van der Waals surface area contributed by atoms with Gasteiger partial charge in [0.1, 0.15) is 5.82 Å². The number of aromatic nitrogens is 2. The number of nitrogens with one attached hydrogen (secondary N) is 1. The highest BCUT2D eigenvalue weighted by atomic mass is 79.9. The van der Waals surface area contributed by atoms with Gasteiger partial charge in [0.25, 0.3) is 0 Å². The van der Waals surface area contributed by atoms with Gasteiger partial charge in [0, 0.05) is 18.8 Å².